The summed E-state index contributed by atoms with van der Waals surface area (Å²) in [4.78, 5) is 16.1. The van der Waals surface area contributed by atoms with Crippen molar-refractivity contribution < 1.29 is 9.18 Å². The van der Waals surface area contributed by atoms with E-state index in [2.05, 4.69) is 36.4 Å². The Kier molecular flexibility index (Phi) is 5.67. The summed E-state index contributed by atoms with van der Waals surface area (Å²) < 4.78 is 17.2. The van der Waals surface area contributed by atoms with Crippen molar-refractivity contribution in [2.75, 3.05) is 5.32 Å². The third kappa shape index (κ3) is 4.47. The minimum atomic E-state index is -0.398. The maximum Gasteiger partial charge on any atom is 0.248 e. The van der Waals surface area contributed by atoms with E-state index in [1.165, 1.54) is 23.1 Å². The van der Waals surface area contributed by atoms with Crippen LogP contribution in [0.2, 0.25) is 5.02 Å². The van der Waals surface area contributed by atoms with Gasteiger partial charge in [-0.2, -0.15) is 5.10 Å². The summed E-state index contributed by atoms with van der Waals surface area (Å²) in [6.45, 7) is 2.69. The monoisotopic (exact) mass is 440 g/mol. The highest BCUT2D eigenvalue weighted by atomic mass is 79.9. The molecule has 3 aromatic rings. The van der Waals surface area contributed by atoms with E-state index in [4.69, 9.17) is 11.6 Å². The van der Waals surface area contributed by atoms with Crippen LogP contribution >= 0.6 is 27.5 Å². The molecule has 1 N–H and O–H groups in total. The van der Waals surface area contributed by atoms with Crippen LogP contribution in [0.5, 0.6) is 0 Å². The van der Waals surface area contributed by atoms with Gasteiger partial charge in [-0.25, -0.2) is 14.1 Å². The van der Waals surface area contributed by atoms with Crippen molar-refractivity contribution in [2.45, 2.75) is 26.4 Å². The number of nitrogens with one attached hydrogen (secondary N) is 1. The van der Waals surface area contributed by atoms with Gasteiger partial charge in [0.15, 0.2) is 0 Å². The van der Waals surface area contributed by atoms with Crippen LogP contribution in [0.1, 0.15) is 17.7 Å². The minimum Gasteiger partial charge on any atom is -0.293 e. The SMILES string of the molecule is Cc1c(Br)cnn1CCC(=O)Nc1ncn(Cc2ccc(F)cc2Cl)n1. The second kappa shape index (κ2) is 7.96. The van der Waals surface area contributed by atoms with E-state index >= 15 is 0 Å². The predicted molar refractivity (Wildman–Crippen MR) is 98.4 cm³/mol. The normalized spacial score (nSPS) is 10.9. The van der Waals surface area contributed by atoms with E-state index in [0.29, 0.717) is 23.7 Å². The second-order valence-electron chi connectivity index (χ2n) is 5.60. The number of nitrogens with zero attached hydrogens (tertiary/aromatic N) is 5. The van der Waals surface area contributed by atoms with Crippen LogP contribution in [0, 0.1) is 12.7 Å². The summed E-state index contributed by atoms with van der Waals surface area (Å²) in [5, 5.41) is 11.3. The Bertz CT molecular complexity index is 941. The Morgan fingerprint density at radius 1 is 1.42 bits per heavy atom. The first kappa shape index (κ1) is 18.5. The first-order valence-electron chi connectivity index (χ1n) is 7.73. The highest BCUT2D eigenvalue weighted by molar-refractivity contribution is 9.10. The number of benzene rings is 1. The lowest BCUT2D eigenvalue weighted by atomic mass is 10.2. The van der Waals surface area contributed by atoms with Crippen molar-refractivity contribution >= 4 is 39.4 Å². The molecule has 0 radical (unpaired) electrons. The van der Waals surface area contributed by atoms with Gasteiger partial charge < -0.3 is 0 Å². The average Bonchev–Trinajstić information content (AvgIpc) is 3.16. The largest absolute Gasteiger partial charge is 0.293 e. The molecule has 0 aliphatic carbocycles. The third-order valence-corrected chi connectivity index (χ3v) is 4.86. The summed E-state index contributed by atoms with van der Waals surface area (Å²) in [5.74, 6) is -0.412. The molecule has 0 fully saturated rings. The van der Waals surface area contributed by atoms with Gasteiger partial charge >= 0.3 is 0 Å². The highest BCUT2D eigenvalue weighted by Crippen LogP contribution is 2.18. The number of hydrogen-bond acceptors (Lipinski definition) is 4. The maximum absolute atomic E-state index is 13.1. The lowest BCUT2D eigenvalue weighted by Gasteiger charge is -2.05. The lowest BCUT2D eigenvalue weighted by Crippen LogP contribution is -2.16. The molecule has 10 heteroatoms. The van der Waals surface area contributed by atoms with E-state index in [0.717, 1.165) is 10.2 Å². The number of carbonyl (C=O) groups is 1. The van der Waals surface area contributed by atoms with Crippen molar-refractivity contribution in [2.24, 2.45) is 0 Å². The van der Waals surface area contributed by atoms with E-state index in [1.807, 2.05) is 6.92 Å². The van der Waals surface area contributed by atoms with Gasteiger partial charge in [0.2, 0.25) is 11.9 Å². The Morgan fingerprint density at radius 2 is 2.23 bits per heavy atom. The zero-order valence-electron chi connectivity index (χ0n) is 13.8. The molecular weight excluding hydrogens is 427 g/mol. The molecule has 7 nitrogen and oxygen atoms in total. The molecule has 3 rings (SSSR count). The molecule has 2 aromatic heterocycles. The maximum atomic E-state index is 13.1. The molecule has 0 aliphatic heterocycles. The van der Waals surface area contributed by atoms with Crippen LogP contribution in [0.3, 0.4) is 0 Å². The third-order valence-electron chi connectivity index (χ3n) is 3.73. The summed E-state index contributed by atoms with van der Waals surface area (Å²) in [6, 6.07) is 4.16. The Balaban J connectivity index is 1.56. The molecule has 1 aromatic carbocycles. The van der Waals surface area contributed by atoms with Crippen molar-refractivity contribution in [3.05, 3.63) is 57.3 Å². The fourth-order valence-electron chi connectivity index (χ4n) is 2.30. The number of halogens is 3. The zero-order valence-corrected chi connectivity index (χ0v) is 16.1. The highest BCUT2D eigenvalue weighted by Gasteiger charge is 2.10. The first-order chi connectivity index (χ1) is 12.4. The fourth-order valence-corrected chi connectivity index (χ4v) is 2.82. The topological polar surface area (TPSA) is 77.6 Å². The number of hydrogen-bond donors (Lipinski definition) is 1. The van der Waals surface area contributed by atoms with E-state index in [-0.39, 0.29) is 18.3 Å². The second-order valence-corrected chi connectivity index (χ2v) is 6.86. The van der Waals surface area contributed by atoms with Crippen LogP contribution in [-0.4, -0.2) is 30.5 Å². The molecule has 0 saturated heterocycles. The quantitative estimate of drug-likeness (QED) is 0.636. The molecule has 136 valence electrons. The van der Waals surface area contributed by atoms with E-state index in [9.17, 15) is 9.18 Å². The van der Waals surface area contributed by atoms with E-state index in [1.54, 1.807) is 16.9 Å². The van der Waals surface area contributed by atoms with Gasteiger partial charge in [-0.05, 0) is 40.5 Å². The Labute approximate surface area is 162 Å². The molecule has 0 spiro atoms. The molecule has 0 saturated carbocycles. The molecular formula is C16H15BrClFN6O. The predicted octanol–water partition coefficient (Wildman–Crippen LogP) is 3.42. The number of rotatable bonds is 6. The van der Waals surface area contributed by atoms with Crippen molar-refractivity contribution in [3.8, 4) is 0 Å². The summed E-state index contributed by atoms with van der Waals surface area (Å²) in [7, 11) is 0. The Morgan fingerprint density at radius 3 is 2.92 bits per heavy atom. The summed E-state index contributed by atoms with van der Waals surface area (Å²) in [5.41, 5.74) is 1.66. The standard InChI is InChI=1S/C16H15BrClFN6O/c1-10-13(17)7-21-25(10)5-4-15(26)22-16-20-9-24(23-16)8-11-2-3-12(19)6-14(11)18/h2-3,6-7,9H,4-5,8H2,1H3,(H,22,23,26). The van der Waals surface area contributed by atoms with Gasteiger partial charge in [-0.3, -0.25) is 14.8 Å². The fraction of sp³-hybridized carbons (Fsp3) is 0.250. The average molecular weight is 442 g/mol. The summed E-state index contributed by atoms with van der Waals surface area (Å²) >= 11 is 9.38. The number of anilines is 1. The molecule has 1 amide bonds. The van der Waals surface area contributed by atoms with Crippen molar-refractivity contribution in [1.82, 2.24) is 24.5 Å². The van der Waals surface area contributed by atoms with Crippen LogP contribution in [0.15, 0.2) is 35.2 Å². The van der Waals surface area contributed by atoms with Crippen molar-refractivity contribution in [3.63, 3.8) is 0 Å². The number of amides is 1. The van der Waals surface area contributed by atoms with E-state index < -0.39 is 5.82 Å². The van der Waals surface area contributed by atoms with Gasteiger partial charge in [0, 0.05) is 17.1 Å². The number of carbonyl (C=O) groups excluding carboxylic acids is 1. The smallest absolute Gasteiger partial charge is 0.248 e. The van der Waals surface area contributed by atoms with Gasteiger partial charge in [0.1, 0.15) is 12.1 Å². The molecule has 2 heterocycles. The number of aryl methyl sites for hydroxylation is 1. The van der Waals surface area contributed by atoms with Crippen LogP contribution in [-0.2, 0) is 17.9 Å². The molecule has 0 bridgehead atoms. The van der Waals surface area contributed by atoms with Crippen LogP contribution in [0.25, 0.3) is 0 Å². The van der Waals surface area contributed by atoms with Gasteiger partial charge in [0.25, 0.3) is 0 Å². The molecule has 0 unspecified atom stereocenters. The van der Waals surface area contributed by atoms with Gasteiger partial charge in [-0.15, -0.1) is 5.10 Å². The molecule has 0 atom stereocenters. The van der Waals surface area contributed by atoms with Gasteiger partial charge in [-0.1, -0.05) is 17.7 Å². The molecule has 26 heavy (non-hydrogen) atoms. The summed E-state index contributed by atoms with van der Waals surface area (Å²) in [6.07, 6.45) is 3.41. The van der Waals surface area contributed by atoms with Gasteiger partial charge in [0.05, 0.1) is 23.8 Å². The lowest BCUT2D eigenvalue weighted by molar-refractivity contribution is -0.116. The minimum absolute atomic E-state index is 0.201. The van der Waals surface area contributed by atoms with Crippen molar-refractivity contribution in [1.29, 1.82) is 0 Å². The molecule has 0 aliphatic rings. The Hall–Kier alpha value is -2.26. The van der Waals surface area contributed by atoms with Crippen LogP contribution < -0.4 is 5.32 Å². The zero-order chi connectivity index (χ0) is 18.7. The number of aromatic nitrogens is 5. The first-order valence-corrected chi connectivity index (χ1v) is 8.90. The van der Waals surface area contributed by atoms with Crippen LogP contribution in [0.4, 0.5) is 10.3 Å².